The number of carbonyl (C=O) groups is 2. The molecular weight excluding hydrogens is 432 g/mol. The number of imidazole rings is 1. The Morgan fingerprint density at radius 3 is 2.56 bits per heavy atom. The molecular formula is C26H22N4O4. The molecule has 8 heteroatoms. The molecule has 0 saturated carbocycles. The average molecular weight is 454 g/mol. The summed E-state index contributed by atoms with van der Waals surface area (Å²) in [5.74, 6) is -1.09. The summed E-state index contributed by atoms with van der Waals surface area (Å²) in [4.78, 5) is 39.5. The second-order valence-corrected chi connectivity index (χ2v) is 8.22. The molecule has 2 aromatic carbocycles. The highest BCUT2D eigenvalue weighted by Gasteiger charge is 2.48. The molecule has 0 radical (unpaired) electrons. The molecule has 1 saturated heterocycles. The number of Topliss-reactive ketones (excluding diaryl/α,β-unsaturated/α-hetero) is 1. The molecule has 5 rings (SSSR count). The lowest BCUT2D eigenvalue weighted by molar-refractivity contribution is -0.132. The maximum atomic E-state index is 13.3. The lowest BCUT2D eigenvalue weighted by Crippen LogP contribution is -2.30. The van der Waals surface area contributed by atoms with Crippen LogP contribution in [-0.2, 0) is 9.59 Å². The van der Waals surface area contributed by atoms with Crippen LogP contribution in [0.15, 0.2) is 78.6 Å². The van der Waals surface area contributed by atoms with E-state index in [0.29, 0.717) is 22.4 Å². The Labute approximate surface area is 195 Å². The maximum Gasteiger partial charge on any atom is 0.302 e. The number of fused-ring (bicyclic) bond motifs is 1. The molecule has 170 valence electrons. The van der Waals surface area contributed by atoms with Crippen molar-refractivity contribution in [3.63, 3.8) is 0 Å². The van der Waals surface area contributed by atoms with Crippen LogP contribution in [0.25, 0.3) is 16.8 Å². The van der Waals surface area contributed by atoms with E-state index in [2.05, 4.69) is 15.0 Å². The van der Waals surface area contributed by atoms with E-state index >= 15 is 0 Å². The fourth-order valence-electron chi connectivity index (χ4n) is 4.11. The molecule has 0 aliphatic carbocycles. The van der Waals surface area contributed by atoms with Crippen molar-refractivity contribution >= 4 is 34.4 Å². The van der Waals surface area contributed by atoms with E-state index in [0.717, 1.165) is 5.52 Å². The number of H-pyrrole nitrogens is 1. The summed E-state index contributed by atoms with van der Waals surface area (Å²) < 4.78 is 5.73. The van der Waals surface area contributed by atoms with Crippen LogP contribution in [0.1, 0.15) is 31.0 Å². The number of hydrogen-bond acceptors (Lipinski definition) is 6. The lowest BCUT2D eigenvalue weighted by atomic mass is 9.96. The Morgan fingerprint density at radius 2 is 1.82 bits per heavy atom. The highest BCUT2D eigenvalue weighted by Crippen LogP contribution is 2.41. The lowest BCUT2D eigenvalue weighted by Gasteiger charge is -2.22. The van der Waals surface area contributed by atoms with E-state index in [4.69, 9.17) is 4.74 Å². The van der Waals surface area contributed by atoms with Crippen molar-refractivity contribution in [3.8, 4) is 5.75 Å². The van der Waals surface area contributed by atoms with Gasteiger partial charge in [0.25, 0.3) is 5.78 Å². The second-order valence-electron chi connectivity index (χ2n) is 8.22. The summed E-state index contributed by atoms with van der Waals surface area (Å²) in [7, 11) is 0. The summed E-state index contributed by atoms with van der Waals surface area (Å²) in [5.41, 5.74) is 2.35. The van der Waals surface area contributed by atoms with Crippen LogP contribution in [0.5, 0.6) is 5.75 Å². The Bertz CT molecular complexity index is 1390. The van der Waals surface area contributed by atoms with Gasteiger partial charge in [0.15, 0.2) is 0 Å². The van der Waals surface area contributed by atoms with Gasteiger partial charge in [-0.15, -0.1) is 0 Å². The number of hydrogen-bond donors (Lipinski definition) is 2. The number of aliphatic hydroxyl groups is 1. The first-order chi connectivity index (χ1) is 16.4. The van der Waals surface area contributed by atoms with Gasteiger partial charge in [-0.3, -0.25) is 19.5 Å². The molecule has 1 atom stereocenters. The van der Waals surface area contributed by atoms with Crippen LogP contribution in [0.3, 0.4) is 0 Å². The number of anilines is 1. The predicted molar refractivity (Wildman–Crippen MR) is 127 cm³/mol. The first-order valence-corrected chi connectivity index (χ1v) is 10.9. The van der Waals surface area contributed by atoms with Crippen LogP contribution in [0.2, 0.25) is 0 Å². The zero-order valence-electron chi connectivity index (χ0n) is 18.6. The number of carbonyl (C=O) groups excluding carboxylic acids is 2. The van der Waals surface area contributed by atoms with Gasteiger partial charge in [-0.1, -0.05) is 24.3 Å². The van der Waals surface area contributed by atoms with Crippen molar-refractivity contribution in [2.75, 3.05) is 4.90 Å². The van der Waals surface area contributed by atoms with Gasteiger partial charge in [-0.05, 0) is 55.8 Å². The van der Waals surface area contributed by atoms with Gasteiger partial charge in [0.05, 0.1) is 28.8 Å². The topological polar surface area (TPSA) is 108 Å². The Hall–Kier alpha value is -4.46. The van der Waals surface area contributed by atoms with E-state index in [1.807, 2.05) is 38.1 Å². The molecule has 8 nitrogen and oxygen atoms in total. The van der Waals surface area contributed by atoms with Crippen LogP contribution in [-0.4, -0.2) is 37.9 Å². The maximum absolute atomic E-state index is 13.3. The summed E-state index contributed by atoms with van der Waals surface area (Å²) in [6.07, 6.45) is 3.09. The van der Waals surface area contributed by atoms with Gasteiger partial charge in [-0.25, -0.2) is 4.98 Å². The number of para-hydroxylation sites is 2. The van der Waals surface area contributed by atoms with E-state index in [1.54, 1.807) is 48.8 Å². The van der Waals surface area contributed by atoms with E-state index in [1.165, 1.54) is 4.90 Å². The van der Waals surface area contributed by atoms with Crippen LogP contribution in [0.4, 0.5) is 5.95 Å². The monoisotopic (exact) mass is 454 g/mol. The fraction of sp³-hybridized carbons (Fsp3) is 0.154. The van der Waals surface area contributed by atoms with Gasteiger partial charge in [0, 0.05) is 18.0 Å². The first-order valence-electron chi connectivity index (χ1n) is 10.9. The summed E-state index contributed by atoms with van der Waals surface area (Å²) in [6, 6.07) is 16.7. The number of benzene rings is 2. The largest absolute Gasteiger partial charge is 0.507 e. The van der Waals surface area contributed by atoms with Crippen molar-refractivity contribution in [2.24, 2.45) is 0 Å². The molecule has 1 aliphatic rings. The zero-order chi connectivity index (χ0) is 23.8. The molecule has 4 aromatic rings. The summed E-state index contributed by atoms with van der Waals surface area (Å²) >= 11 is 0. The molecule has 1 aliphatic heterocycles. The van der Waals surface area contributed by atoms with Crippen molar-refractivity contribution in [3.05, 3.63) is 89.8 Å². The van der Waals surface area contributed by atoms with Crippen molar-refractivity contribution in [1.29, 1.82) is 0 Å². The molecule has 2 aromatic heterocycles. The SMILES string of the molecule is CC(C)Oc1cccc(/C(O)=C2\C(=O)C(=O)N(c3nc4ccccc4[nH]3)C2c2ccncc2)c1. The highest BCUT2D eigenvalue weighted by atomic mass is 16.5. The molecule has 2 N–H and O–H groups in total. The minimum atomic E-state index is -0.891. The number of ketones is 1. The van der Waals surface area contributed by atoms with Crippen LogP contribution in [0, 0.1) is 0 Å². The number of aliphatic hydroxyl groups excluding tert-OH is 1. The van der Waals surface area contributed by atoms with Crippen molar-refractivity contribution < 1.29 is 19.4 Å². The van der Waals surface area contributed by atoms with Gasteiger partial charge in [0.2, 0.25) is 5.95 Å². The third-order valence-corrected chi connectivity index (χ3v) is 5.55. The molecule has 34 heavy (non-hydrogen) atoms. The number of ether oxygens (including phenoxy) is 1. The average Bonchev–Trinajstić information content (AvgIpc) is 3.37. The molecule has 3 heterocycles. The number of amides is 1. The molecule has 1 fully saturated rings. The van der Waals surface area contributed by atoms with E-state index < -0.39 is 17.7 Å². The third-order valence-electron chi connectivity index (χ3n) is 5.55. The van der Waals surface area contributed by atoms with Crippen LogP contribution < -0.4 is 9.64 Å². The van der Waals surface area contributed by atoms with Crippen LogP contribution >= 0.6 is 0 Å². The van der Waals surface area contributed by atoms with E-state index in [-0.39, 0.29) is 23.4 Å². The van der Waals surface area contributed by atoms with E-state index in [9.17, 15) is 14.7 Å². The smallest absolute Gasteiger partial charge is 0.302 e. The highest BCUT2D eigenvalue weighted by molar-refractivity contribution is 6.51. The molecule has 1 amide bonds. The number of rotatable bonds is 5. The Balaban J connectivity index is 1.68. The Kier molecular flexibility index (Phi) is 5.33. The number of aromatic nitrogens is 3. The minimum Gasteiger partial charge on any atom is -0.507 e. The van der Waals surface area contributed by atoms with Crippen molar-refractivity contribution in [2.45, 2.75) is 26.0 Å². The third kappa shape index (κ3) is 3.69. The number of aromatic amines is 1. The summed E-state index contributed by atoms with van der Waals surface area (Å²) in [6.45, 7) is 3.80. The zero-order valence-corrected chi connectivity index (χ0v) is 18.6. The molecule has 0 bridgehead atoms. The summed E-state index contributed by atoms with van der Waals surface area (Å²) in [5, 5.41) is 11.3. The quantitative estimate of drug-likeness (QED) is 0.263. The normalized spacial score (nSPS) is 17.6. The van der Waals surface area contributed by atoms with Gasteiger partial charge < -0.3 is 14.8 Å². The first kappa shape index (κ1) is 21.4. The molecule has 1 unspecified atom stereocenters. The fourth-order valence-corrected chi connectivity index (χ4v) is 4.11. The molecule has 0 spiro atoms. The Morgan fingerprint density at radius 1 is 1.06 bits per heavy atom. The van der Waals surface area contributed by atoms with Gasteiger partial charge >= 0.3 is 5.91 Å². The second kappa shape index (κ2) is 8.47. The van der Waals surface area contributed by atoms with Gasteiger partial charge in [-0.2, -0.15) is 0 Å². The number of pyridine rings is 1. The van der Waals surface area contributed by atoms with Crippen molar-refractivity contribution in [1.82, 2.24) is 15.0 Å². The minimum absolute atomic E-state index is 0.0293. The van der Waals surface area contributed by atoms with Gasteiger partial charge in [0.1, 0.15) is 11.5 Å². The standard InChI is InChI=1S/C26H22N4O4/c1-15(2)34-18-7-5-6-17(14-18)23(31)21-22(16-10-12-27-13-11-16)30(25(33)24(21)32)26-28-19-8-3-4-9-20(19)29-26/h3-15,22,31H,1-2H3,(H,28,29)/b23-21+. The number of nitrogens with one attached hydrogen (secondary N) is 1. The predicted octanol–water partition coefficient (Wildman–Crippen LogP) is 4.37. The number of nitrogens with zero attached hydrogens (tertiary/aromatic N) is 3.